The lowest BCUT2D eigenvalue weighted by atomic mass is 10.0. The Hall–Kier alpha value is -5.86. The van der Waals surface area contributed by atoms with Gasteiger partial charge in [0, 0.05) is 32.9 Å². The van der Waals surface area contributed by atoms with Crippen LogP contribution >= 0.6 is 0 Å². The molecule has 7 aromatic carbocycles. The van der Waals surface area contributed by atoms with Gasteiger partial charge >= 0.3 is 0 Å². The molecule has 9 rings (SSSR count). The van der Waals surface area contributed by atoms with Crippen molar-refractivity contribution < 1.29 is 0 Å². The summed E-state index contributed by atoms with van der Waals surface area (Å²) in [6, 6.07) is 61.4. The Balaban J connectivity index is 1.14. The van der Waals surface area contributed by atoms with Crippen molar-refractivity contribution in [3.63, 3.8) is 0 Å². The SMILES string of the molecule is c1ccc(-c2ccc(-n3c4ccccc4c4cc(-c5ccc(-n6c7ccccc7c7ccccc76)cc5)ccc43)cc2)cc1. The minimum atomic E-state index is 1.17. The molecule has 0 bridgehead atoms. The zero-order chi connectivity index (χ0) is 29.0. The molecule has 0 saturated carbocycles. The third-order valence-electron chi connectivity index (χ3n) is 8.94. The number of hydrogen-bond donors (Lipinski definition) is 0. The van der Waals surface area contributed by atoms with Crippen molar-refractivity contribution in [3.8, 4) is 33.6 Å². The van der Waals surface area contributed by atoms with Crippen LogP contribution in [0.3, 0.4) is 0 Å². The molecule has 0 spiro atoms. The molecule has 0 aliphatic carbocycles. The summed E-state index contributed by atoms with van der Waals surface area (Å²) in [5, 5.41) is 5.09. The molecule has 44 heavy (non-hydrogen) atoms. The predicted octanol–water partition coefficient (Wildman–Crippen LogP) is 11.2. The van der Waals surface area contributed by atoms with Crippen LogP contribution in [0, 0.1) is 0 Å². The van der Waals surface area contributed by atoms with Gasteiger partial charge in [0.25, 0.3) is 0 Å². The maximum absolute atomic E-state index is 2.38. The first-order chi connectivity index (χ1) is 21.8. The molecule has 206 valence electrons. The summed E-state index contributed by atoms with van der Waals surface area (Å²) >= 11 is 0. The fourth-order valence-electron chi connectivity index (χ4n) is 6.87. The Morgan fingerprint density at radius 1 is 0.250 bits per heavy atom. The van der Waals surface area contributed by atoms with Crippen LogP contribution in [0.25, 0.3) is 77.2 Å². The first-order valence-electron chi connectivity index (χ1n) is 15.1. The molecular formula is C42H28N2. The van der Waals surface area contributed by atoms with Crippen molar-refractivity contribution in [2.45, 2.75) is 0 Å². The van der Waals surface area contributed by atoms with E-state index in [2.05, 4.69) is 179 Å². The maximum Gasteiger partial charge on any atom is 0.0541 e. The van der Waals surface area contributed by atoms with Gasteiger partial charge in [0.05, 0.1) is 22.1 Å². The van der Waals surface area contributed by atoms with E-state index < -0.39 is 0 Å². The average molecular weight is 561 g/mol. The molecule has 0 radical (unpaired) electrons. The Morgan fingerprint density at radius 3 is 1.14 bits per heavy atom. The highest BCUT2D eigenvalue weighted by atomic mass is 15.0. The lowest BCUT2D eigenvalue weighted by Gasteiger charge is -2.11. The zero-order valence-corrected chi connectivity index (χ0v) is 24.1. The fourth-order valence-corrected chi connectivity index (χ4v) is 6.87. The Labute approximate surface area is 255 Å². The molecule has 0 aliphatic rings. The van der Waals surface area contributed by atoms with Crippen molar-refractivity contribution >= 4 is 43.6 Å². The summed E-state index contributed by atoms with van der Waals surface area (Å²) in [6.45, 7) is 0. The molecule has 0 saturated heterocycles. The predicted molar refractivity (Wildman–Crippen MR) is 186 cm³/mol. The van der Waals surface area contributed by atoms with E-state index in [4.69, 9.17) is 0 Å². The molecule has 0 fully saturated rings. The van der Waals surface area contributed by atoms with Gasteiger partial charge in [-0.3, -0.25) is 0 Å². The number of nitrogens with zero attached hydrogens (tertiary/aromatic N) is 2. The quantitative estimate of drug-likeness (QED) is 0.203. The summed E-state index contributed by atoms with van der Waals surface area (Å²) in [5.41, 5.74) is 12.1. The van der Waals surface area contributed by atoms with Gasteiger partial charge in [-0.15, -0.1) is 0 Å². The van der Waals surface area contributed by atoms with Crippen LogP contribution in [0.4, 0.5) is 0 Å². The minimum absolute atomic E-state index is 1.17. The summed E-state index contributed by atoms with van der Waals surface area (Å²) < 4.78 is 4.75. The first-order valence-corrected chi connectivity index (χ1v) is 15.1. The maximum atomic E-state index is 2.38. The molecule has 2 aromatic heterocycles. The van der Waals surface area contributed by atoms with Gasteiger partial charge in [-0.1, -0.05) is 115 Å². The highest BCUT2D eigenvalue weighted by molar-refractivity contribution is 6.11. The molecule has 2 heterocycles. The van der Waals surface area contributed by atoms with E-state index >= 15 is 0 Å². The molecule has 0 aliphatic heterocycles. The van der Waals surface area contributed by atoms with Crippen LogP contribution in [0.15, 0.2) is 170 Å². The van der Waals surface area contributed by atoms with Gasteiger partial charge < -0.3 is 9.13 Å². The van der Waals surface area contributed by atoms with E-state index in [1.807, 2.05) is 0 Å². The molecule has 0 amide bonds. The molecule has 0 unspecified atom stereocenters. The number of rotatable bonds is 4. The van der Waals surface area contributed by atoms with Gasteiger partial charge in [-0.25, -0.2) is 0 Å². The topological polar surface area (TPSA) is 9.86 Å². The van der Waals surface area contributed by atoms with Crippen LogP contribution in [0.5, 0.6) is 0 Å². The van der Waals surface area contributed by atoms with Crippen molar-refractivity contribution in [3.05, 3.63) is 170 Å². The molecule has 2 nitrogen and oxygen atoms in total. The van der Waals surface area contributed by atoms with E-state index in [9.17, 15) is 0 Å². The molecule has 9 aromatic rings. The standard InChI is InChI=1S/C42H28N2/c1-2-10-29(11-3-1)30-18-23-34(24-19-30)44-41-17-9-6-14-37(41)38-28-32(22-27-42(38)44)31-20-25-33(26-21-31)43-39-15-7-4-12-35(39)36-13-5-8-16-40(36)43/h1-28H. The number of benzene rings is 7. The molecule has 0 N–H and O–H groups in total. The Morgan fingerprint density at radius 2 is 0.614 bits per heavy atom. The second kappa shape index (κ2) is 9.86. The molecule has 2 heteroatoms. The van der Waals surface area contributed by atoms with Gasteiger partial charge in [0.15, 0.2) is 0 Å². The van der Waals surface area contributed by atoms with E-state index in [1.54, 1.807) is 0 Å². The highest BCUT2D eigenvalue weighted by Gasteiger charge is 2.15. The Kier molecular flexibility index (Phi) is 5.54. The summed E-state index contributed by atoms with van der Waals surface area (Å²) in [7, 11) is 0. The number of fused-ring (bicyclic) bond motifs is 6. The van der Waals surface area contributed by atoms with Crippen LogP contribution in [-0.2, 0) is 0 Å². The smallest absolute Gasteiger partial charge is 0.0541 e. The number of hydrogen-bond acceptors (Lipinski definition) is 0. The van der Waals surface area contributed by atoms with Crippen LogP contribution in [-0.4, -0.2) is 9.13 Å². The normalized spacial score (nSPS) is 11.6. The van der Waals surface area contributed by atoms with Gasteiger partial charge in [0.2, 0.25) is 0 Å². The number of para-hydroxylation sites is 3. The summed E-state index contributed by atoms with van der Waals surface area (Å²) in [6.07, 6.45) is 0. The zero-order valence-electron chi connectivity index (χ0n) is 24.1. The van der Waals surface area contributed by atoms with E-state index in [1.165, 1.54) is 77.2 Å². The molecular weight excluding hydrogens is 532 g/mol. The third-order valence-corrected chi connectivity index (χ3v) is 8.94. The van der Waals surface area contributed by atoms with Crippen molar-refractivity contribution in [2.75, 3.05) is 0 Å². The minimum Gasteiger partial charge on any atom is -0.309 e. The van der Waals surface area contributed by atoms with Crippen molar-refractivity contribution in [2.24, 2.45) is 0 Å². The van der Waals surface area contributed by atoms with E-state index in [0.717, 1.165) is 0 Å². The van der Waals surface area contributed by atoms with Crippen LogP contribution in [0.1, 0.15) is 0 Å². The lowest BCUT2D eigenvalue weighted by molar-refractivity contribution is 1.18. The summed E-state index contributed by atoms with van der Waals surface area (Å²) in [4.78, 5) is 0. The summed E-state index contributed by atoms with van der Waals surface area (Å²) in [5.74, 6) is 0. The third kappa shape index (κ3) is 3.82. The second-order valence-electron chi connectivity index (χ2n) is 11.4. The fraction of sp³-hybridized carbons (Fsp3) is 0. The monoisotopic (exact) mass is 560 g/mol. The van der Waals surface area contributed by atoms with Gasteiger partial charge in [-0.05, 0) is 76.9 Å². The largest absolute Gasteiger partial charge is 0.309 e. The van der Waals surface area contributed by atoms with Crippen LogP contribution in [0.2, 0.25) is 0 Å². The second-order valence-corrected chi connectivity index (χ2v) is 11.4. The van der Waals surface area contributed by atoms with E-state index in [0.29, 0.717) is 0 Å². The Bertz CT molecular complexity index is 2410. The highest BCUT2D eigenvalue weighted by Crippen LogP contribution is 2.36. The molecule has 0 atom stereocenters. The van der Waals surface area contributed by atoms with Crippen molar-refractivity contribution in [1.82, 2.24) is 9.13 Å². The van der Waals surface area contributed by atoms with E-state index in [-0.39, 0.29) is 0 Å². The van der Waals surface area contributed by atoms with Gasteiger partial charge in [-0.2, -0.15) is 0 Å². The van der Waals surface area contributed by atoms with Crippen molar-refractivity contribution in [1.29, 1.82) is 0 Å². The average Bonchev–Trinajstić information content (AvgIpc) is 3.62. The van der Waals surface area contributed by atoms with Crippen LogP contribution < -0.4 is 0 Å². The van der Waals surface area contributed by atoms with Gasteiger partial charge in [0.1, 0.15) is 0 Å². The first kappa shape index (κ1) is 24.7. The lowest BCUT2D eigenvalue weighted by Crippen LogP contribution is -1.94. The number of aromatic nitrogens is 2.